The van der Waals surface area contributed by atoms with Crippen molar-refractivity contribution in [2.24, 2.45) is 5.92 Å². The molecule has 0 radical (unpaired) electrons. The fraction of sp³-hybridized carbons (Fsp3) is 0.700. The van der Waals surface area contributed by atoms with Crippen LogP contribution in [0, 0.1) is 5.92 Å². The Kier molecular flexibility index (Phi) is 2.05. The fourth-order valence-electron chi connectivity index (χ4n) is 2.08. The van der Waals surface area contributed by atoms with E-state index in [0.29, 0.717) is 6.42 Å². The lowest BCUT2D eigenvalue weighted by molar-refractivity contribution is -0.122. The summed E-state index contributed by atoms with van der Waals surface area (Å²) in [5, 5.41) is 0. The first-order valence-corrected chi connectivity index (χ1v) is 5.30. The number of hydrogen-bond donors (Lipinski definition) is 0. The van der Waals surface area contributed by atoms with Gasteiger partial charge < -0.3 is 4.74 Å². The molecule has 1 saturated carbocycles. The van der Waals surface area contributed by atoms with Crippen LogP contribution in [-0.4, -0.2) is 21.8 Å². The summed E-state index contributed by atoms with van der Waals surface area (Å²) in [5.74, 6) is -0.426. The minimum absolute atomic E-state index is 0.206. The van der Waals surface area contributed by atoms with Crippen LogP contribution in [0.1, 0.15) is 20.3 Å². The minimum atomic E-state index is -1.35. The molecule has 2 nitrogen and oxygen atoms in total. The molecule has 1 heterocycles. The molecular weight excluding hydrogens is 223 g/mol. The lowest BCUT2D eigenvalue weighted by atomic mass is 9.78. The maximum absolute atomic E-state index is 11.8. The van der Waals surface area contributed by atoms with Crippen molar-refractivity contribution >= 4 is 29.0 Å². The van der Waals surface area contributed by atoms with Gasteiger partial charge in [-0.1, -0.05) is 35.4 Å². The van der Waals surface area contributed by atoms with Crippen LogP contribution in [0.4, 0.5) is 0 Å². The van der Waals surface area contributed by atoms with Gasteiger partial charge in [0, 0.05) is 5.92 Å². The number of Topliss-reactive ketones (excluding diaryl/α,β-unsaturated/α-hetero) is 1. The molecule has 0 unspecified atom stereocenters. The van der Waals surface area contributed by atoms with Crippen molar-refractivity contribution in [1.29, 1.82) is 0 Å². The maximum Gasteiger partial charge on any atom is 0.200 e. The summed E-state index contributed by atoms with van der Waals surface area (Å²) in [7, 11) is 0. The van der Waals surface area contributed by atoms with Crippen molar-refractivity contribution < 1.29 is 9.53 Å². The van der Waals surface area contributed by atoms with Crippen LogP contribution >= 0.6 is 23.2 Å². The van der Waals surface area contributed by atoms with E-state index >= 15 is 0 Å². The van der Waals surface area contributed by atoms with Crippen molar-refractivity contribution in [3.05, 3.63) is 12.2 Å². The highest BCUT2D eigenvalue weighted by atomic mass is 35.5. The van der Waals surface area contributed by atoms with Crippen LogP contribution in [0.3, 0.4) is 0 Å². The quantitative estimate of drug-likeness (QED) is 0.397. The number of allylic oxidation sites excluding steroid dienone is 1. The summed E-state index contributed by atoms with van der Waals surface area (Å²) in [6, 6.07) is 0. The van der Waals surface area contributed by atoms with E-state index in [1.807, 2.05) is 13.8 Å². The number of hydrogen-bond acceptors (Lipinski definition) is 2. The zero-order valence-electron chi connectivity index (χ0n) is 8.14. The molecule has 1 aliphatic carbocycles. The zero-order valence-corrected chi connectivity index (χ0v) is 9.65. The summed E-state index contributed by atoms with van der Waals surface area (Å²) in [6.07, 6.45) is 0.263. The molecule has 0 amide bonds. The van der Waals surface area contributed by atoms with E-state index in [2.05, 4.69) is 6.58 Å². The molecule has 0 aromatic rings. The molecule has 14 heavy (non-hydrogen) atoms. The highest BCUT2D eigenvalue weighted by molar-refractivity contribution is 6.59. The van der Waals surface area contributed by atoms with E-state index in [0.717, 1.165) is 5.57 Å². The predicted molar refractivity (Wildman–Crippen MR) is 55.6 cm³/mol. The summed E-state index contributed by atoms with van der Waals surface area (Å²) >= 11 is 12.1. The normalized spacial score (nSPS) is 44.4. The topological polar surface area (TPSA) is 29.6 Å². The highest BCUT2D eigenvalue weighted by Crippen LogP contribution is 2.56. The molecule has 0 spiro atoms. The first kappa shape index (κ1) is 10.5. The van der Waals surface area contributed by atoms with Crippen LogP contribution < -0.4 is 0 Å². The van der Waals surface area contributed by atoms with Gasteiger partial charge in [-0.15, -0.1) is 0 Å². The van der Waals surface area contributed by atoms with Gasteiger partial charge in [0.2, 0.25) is 5.78 Å². The molecule has 0 aromatic carbocycles. The van der Waals surface area contributed by atoms with Gasteiger partial charge in [0.25, 0.3) is 0 Å². The van der Waals surface area contributed by atoms with E-state index in [1.54, 1.807) is 0 Å². The Morgan fingerprint density at radius 3 is 2.71 bits per heavy atom. The Hall–Kier alpha value is -0.0500. The van der Waals surface area contributed by atoms with Gasteiger partial charge in [0.15, 0.2) is 4.33 Å². The Morgan fingerprint density at radius 2 is 2.21 bits per heavy atom. The standard InChI is InChI=1S/C10H12Cl2O2/c1-5(2)6-4-9(3)8(14-9)7(13)10(6,11)12/h6,8H,1,4H2,2-3H3/t6-,8-,9+/m1/s1. The molecule has 0 N–H and O–H groups in total. The van der Waals surface area contributed by atoms with Crippen LogP contribution in [0.5, 0.6) is 0 Å². The van der Waals surface area contributed by atoms with Gasteiger partial charge in [0.05, 0.1) is 0 Å². The second-order valence-electron chi connectivity index (χ2n) is 4.40. The third-order valence-corrected chi connectivity index (χ3v) is 3.99. The van der Waals surface area contributed by atoms with Crippen molar-refractivity contribution in [2.45, 2.75) is 36.3 Å². The summed E-state index contributed by atoms with van der Waals surface area (Å²) < 4.78 is 3.98. The van der Waals surface area contributed by atoms with Crippen LogP contribution in [0.15, 0.2) is 12.2 Å². The monoisotopic (exact) mass is 234 g/mol. The number of alkyl halides is 2. The minimum Gasteiger partial charge on any atom is -0.358 e. The van der Waals surface area contributed by atoms with Crippen LogP contribution in [0.2, 0.25) is 0 Å². The first-order valence-electron chi connectivity index (χ1n) is 4.54. The van der Waals surface area contributed by atoms with Crippen molar-refractivity contribution in [3.63, 3.8) is 0 Å². The second-order valence-corrected chi connectivity index (χ2v) is 5.79. The Bertz CT molecular complexity index is 324. The fourth-order valence-corrected chi connectivity index (χ4v) is 2.81. The van der Waals surface area contributed by atoms with E-state index in [-0.39, 0.29) is 17.3 Å². The van der Waals surface area contributed by atoms with E-state index in [1.165, 1.54) is 0 Å². The van der Waals surface area contributed by atoms with Crippen molar-refractivity contribution in [3.8, 4) is 0 Å². The smallest absolute Gasteiger partial charge is 0.200 e. The largest absolute Gasteiger partial charge is 0.358 e. The van der Waals surface area contributed by atoms with Gasteiger partial charge in [-0.25, -0.2) is 0 Å². The van der Waals surface area contributed by atoms with Crippen LogP contribution in [0.25, 0.3) is 0 Å². The Morgan fingerprint density at radius 1 is 1.64 bits per heavy atom. The highest BCUT2D eigenvalue weighted by Gasteiger charge is 2.68. The Labute approximate surface area is 93.2 Å². The number of ether oxygens (including phenoxy) is 1. The van der Waals surface area contributed by atoms with E-state index in [4.69, 9.17) is 27.9 Å². The maximum atomic E-state index is 11.8. The zero-order chi connectivity index (χ0) is 10.7. The van der Waals surface area contributed by atoms with Crippen molar-refractivity contribution in [2.75, 3.05) is 0 Å². The number of ketones is 1. The summed E-state index contributed by atoms with van der Waals surface area (Å²) in [5.41, 5.74) is 0.479. The van der Waals surface area contributed by atoms with Crippen LogP contribution in [-0.2, 0) is 9.53 Å². The summed E-state index contributed by atoms with van der Waals surface area (Å²) in [6.45, 7) is 7.56. The van der Waals surface area contributed by atoms with E-state index in [9.17, 15) is 4.79 Å². The van der Waals surface area contributed by atoms with Gasteiger partial charge >= 0.3 is 0 Å². The van der Waals surface area contributed by atoms with Crippen molar-refractivity contribution in [1.82, 2.24) is 0 Å². The number of rotatable bonds is 1. The number of carbonyl (C=O) groups excluding carboxylic acids is 1. The number of fused-ring (bicyclic) bond motifs is 1. The molecule has 2 fully saturated rings. The molecule has 1 aliphatic heterocycles. The molecule has 2 aliphatic rings. The predicted octanol–water partition coefficient (Wildman–Crippen LogP) is 2.48. The average molecular weight is 235 g/mol. The number of epoxide rings is 1. The molecule has 4 heteroatoms. The van der Waals surface area contributed by atoms with Gasteiger partial charge in [-0.3, -0.25) is 4.79 Å². The SMILES string of the molecule is C=C(C)[C@H]1C[C@]2(C)O[C@@H]2C(=O)C1(Cl)Cl. The third kappa shape index (κ3) is 1.24. The average Bonchev–Trinajstić information content (AvgIpc) is 2.71. The Balaban J connectivity index is 2.34. The van der Waals surface area contributed by atoms with E-state index < -0.39 is 10.4 Å². The lowest BCUT2D eigenvalue weighted by Gasteiger charge is -2.33. The molecule has 2 rings (SSSR count). The molecule has 0 aromatic heterocycles. The molecular formula is C10H12Cl2O2. The van der Waals surface area contributed by atoms with Gasteiger partial charge in [0.1, 0.15) is 11.7 Å². The molecule has 78 valence electrons. The second kappa shape index (κ2) is 2.75. The lowest BCUT2D eigenvalue weighted by Crippen LogP contribution is -2.46. The number of halogens is 2. The van der Waals surface area contributed by atoms with Gasteiger partial charge in [-0.05, 0) is 20.3 Å². The molecule has 3 atom stereocenters. The summed E-state index contributed by atoms with van der Waals surface area (Å²) in [4.78, 5) is 11.8. The molecule has 0 bridgehead atoms. The third-order valence-electron chi connectivity index (χ3n) is 3.09. The molecule has 1 saturated heterocycles. The van der Waals surface area contributed by atoms with Gasteiger partial charge in [-0.2, -0.15) is 0 Å². The first-order chi connectivity index (χ1) is 6.29. The number of carbonyl (C=O) groups is 1.